The molecule has 22 heavy (non-hydrogen) atoms. The van der Waals surface area contributed by atoms with Gasteiger partial charge in [-0.05, 0) is 43.9 Å². The number of benzene rings is 1. The van der Waals surface area contributed by atoms with Gasteiger partial charge in [0.15, 0.2) is 0 Å². The highest BCUT2D eigenvalue weighted by Gasteiger charge is 2.52. The number of nitrogens with two attached hydrogens (primary N) is 1. The molecule has 1 aromatic rings. The first-order valence-electron chi connectivity index (χ1n) is 7.67. The number of hydrogen-bond donors (Lipinski definition) is 1. The Hall–Kier alpha value is -0.940. The molecule has 0 unspecified atom stereocenters. The largest absolute Gasteiger partial charge is 0.387 e. The number of rotatable bonds is 1. The third-order valence-electron chi connectivity index (χ3n) is 5.04. The number of fused-ring (bicyclic) bond motifs is 1. The molecule has 2 aliphatic rings. The highest BCUT2D eigenvalue weighted by atomic mass is 79.9. The van der Waals surface area contributed by atoms with E-state index in [1.54, 1.807) is 6.07 Å². The molecular weight excluding hydrogens is 347 g/mol. The first kappa shape index (κ1) is 15.9. The van der Waals surface area contributed by atoms with Gasteiger partial charge in [0, 0.05) is 15.5 Å². The fourth-order valence-corrected chi connectivity index (χ4v) is 4.06. The number of aliphatic imine (C=N–C) groups is 1. The van der Waals surface area contributed by atoms with Crippen molar-refractivity contribution in [1.82, 2.24) is 0 Å². The van der Waals surface area contributed by atoms with Crippen LogP contribution in [0.5, 0.6) is 0 Å². The summed E-state index contributed by atoms with van der Waals surface area (Å²) in [5.41, 5.74) is 5.94. The molecule has 3 rings (SSSR count). The van der Waals surface area contributed by atoms with Crippen LogP contribution in [-0.4, -0.2) is 18.5 Å². The van der Waals surface area contributed by atoms with Crippen molar-refractivity contribution >= 4 is 21.8 Å². The Bertz CT molecular complexity index is 631. The molecule has 120 valence electrons. The van der Waals surface area contributed by atoms with Crippen molar-refractivity contribution < 1.29 is 9.13 Å². The molecule has 1 fully saturated rings. The van der Waals surface area contributed by atoms with Gasteiger partial charge in [-0.25, -0.2) is 4.39 Å². The zero-order valence-corrected chi connectivity index (χ0v) is 14.8. The number of halogens is 2. The zero-order chi connectivity index (χ0) is 16.1. The second-order valence-electron chi connectivity index (χ2n) is 7.19. The summed E-state index contributed by atoms with van der Waals surface area (Å²) in [4.78, 5) is 4.80. The molecule has 1 aromatic carbocycles. The Morgan fingerprint density at radius 3 is 2.86 bits per heavy atom. The van der Waals surface area contributed by atoms with Gasteiger partial charge < -0.3 is 10.5 Å². The number of ether oxygens (including phenoxy) is 1. The first-order chi connectivity index (χ1) is 10.2. The fraction of sp³-hybridized carbons (Fsp3) is 0.588. The van der Waals surface area contributed by atoms with Gasteiger partial charge in [-0.1, -0.05) is 29.8 Å². The summed E-state index contributed by atoms with van der Waals surface area (Å²) in [6, 6.07) is 5.00. The van der Waals surface area contributed by atoms with Gasteiger partial charge >= 0.3 is 0 Å². The van der Waals surface area contributed by atoms with Crippen molar-refractivity contribution in [3.05, 3.63) is 34.1 Å². The Morgan fingerprint density at radius 1 is 1.41 bits per heavy atom. The average Bonchev–Trinajstić information content (AvgIpc) is 2.43. The Balaban J connectivity index is 2.18. The first-order valence-corrected chi connectivity index (χ1v) is 8.47. The van der Waals surface area contributed by atoms with Crippen LogP contribution in [-0.2, 0) is 10.3 Å². The van der Waals surface area contributed by atoms with Crippen LogP contribution in [0, 0.1) is 17.2 Å². The molecule has 0 aromatic heterocycles. The lowest BCUT2D eigenvalue weighted by atomic mass is 9.65. The Morgan fingerprint density at radius 2 is 2.14 bits per heavy atom. The van der Waals surface area contributed by atoms with Crippen LogP contribution in [0.25, 0.3) is 0 Å². The van der Waals surface area contributed by atoms with E-state index in [4.69, 9.17) is 15.5 Å². The minimum atomic E-state index is -0.708. The maximum atomic E-state index is 14.6. The van der Waals surface area contributed by atoms with Crippen LogP contribution in [0.3, 0.4) is 0 Å². The third kappa shape index (κ3) is 2.48. The quantitative estimate of drug-likeness (QED) is 0.814. The minimum Gasteiger partial charge on any atom is -0.387 e. The minimum absolute atomic E-state index is 0.159. The second-order valence-corrected chi connectivity index (χ2v) is 8.10. The predicted octanol–water partition coefficient (Wildman–Crippen LogP) is 4.00. The summed E-state index contributed by atoms with van der Waals surface area (Å²) in [7, 11) is 0. The molecule has 2 N–H and O–H groups in total. The summed E-state index contributed by atoms with van der Waals surface area (Å²) in [6.45, 7) is 6.65. The van der Waals surface area contributed by atoms with Crippen LogP contribution in [0.4, 0.5) is 4.39 Å². The van der Waals surface area contributed by atoms with Crippen LogP contribution < -0.4 is 5.73 Å². The van der Waals surface area contributed by atoms with Gasteiger partial charge in [-0.3, -0.25) is 4.99 Å². The molecule has 2 aliphatic heterocycles. The second kappa shape index (κ2) is 5.31. The molecule has 5 heteroatoms. The summed E-state index contributed by atoms with van der Waals surface area (Å²) >= 11 is 3.44. The fourth-order valence-electron chi connectivity index (χ4n) is 3.70. The lowest BCUT2D eigenvalue weighted by Crippen LogP contribution is -2.54. The van der Waals surface area contributed by atoms with Crippen molar-refractivity contribution in [3.8, 4) is 0 Å². The molecular formula is C17H22BrFN2O. The summed E-state index contributed by atoms with van der Waals surface area (Å²) in [5, 5.41) is 0. The van der Waals surface area contributed by atoms with E-state index in [1.165, 1.54) is 6.07 Å². The highest BCUT2D eigenvalue weighted by molar-refractivity contribution is 9.10. The van der Waals surface area contributed by atoms with Crippen LogP contribution >= 0.6 is 15.9 Å². The van der Waals surface area contributed by atoms with Crippen LogP contribution in [0.2, 0.25) is 0 Å². The monoisotopic (exact) mass is 368 g/mol. The molecule has 0 amide bonds. The predicted molar refractivity (Wildman–Crippen MR) is 89.3 cm³/mol. The SMILES string of the molecule is C[C@H]1C[C@H]2CC(C)(C)C(N)=N[C@@]2(c2cc(Br)ccc2F)CO1. The summed E-state index contributed by atoms with van der Waals surface area (Å²) in [6.07, 6.45) is 1.92. The van der Waals surface area contributed by atoms with E-state index in [9.17, 15) is 4.39 Å². The molecule has 0 aliphatic carbocycles. The van der Waals surface area contributed by atoms with Crippen molar-refractivity contribution in [2.75, 3.05) is 6.61 Å². The highest BCUT2D eigenvalue weighted by Crippen LogP contribution is 2.50. The topological polar surface area (TPSA) is 47.6 Å². The van der Waals surface area contributed by atoms with Gasteiger partial charge in [-0.15, -0.1) is 0 Å². The Labute approximate surface area is 139 Å². The average molecular weight is 369 g/mol. The molecule has 0 bridgehead atoms. The van der Waals surface area contributed by atoms with E-state index in [1.807, 2.05) is 6.07 Å². The lowest BCUT2D eigenvalue weighted by Gasteiger charge is -2.50. The molecule has 1 saturated heterocycles. The Kier molecular flexibility index (Phi) is 3.84. The molecule has 3 atom stereocenters. The van der Waals surface area contributed by atoms with Gasteiger partial charge in [0.2, 0.25) is 0 Å². The maximum Gasteiger partial charge on any atom is 0.129 e. The van der Waals surface area contributed by atoms with Crippen LogP contribution in [0.15, 0.2) is 27.7 Å². The van der Waals surface area contributed by atoms with E-state index >= 15 is 0 Å². The van der Waals surface area contributed by atoms with Crippen LogP contribution in [0.1, 0.15) is 39.2 Å². The van der Waals surface area contributed by atoms with Crippen molar-refractivity contribution in [2.24, 2.45) is 22.1 Å². The van der Waals surface area contributed by atoms with Gasteiger partial charge in [0.25, 0.3) is 0 Å². The van der Waals surface area contributed by atoms with E-state index < -0.39 is 5.54 Å². The van der Waals surface area contributed by atoms with E-state index in [0.717, 1.165) is 17.3 Å². The third-order valence-corrected chi connectivity index (χ3v) is 5.54. The standard InChI is InChI=1S/C17H22BrFN2O/c1-10-6-11-8-16(2,3)15(20)21-17(11,9-22-10)13-7-12(18)4-5-14(13)19/h4-5,7,10-11H,6,8-9H2,1-3H3,(H2,20,21)/t10-,11-,17-/m0/s1. The maximum absolute atomic E-state index is 14.6. The molecule has 0 spiro atoms. The van der Waals surface area contributed by atoms with Crippen molar-refractivity contribution in [3.63, 3.8) is 0 Å². The van der Waals surface area contributed by atoms with Gasteiger partial charge in [0.1, 0.15) is 17.2 Å². The number of hydrogen-bond acceptors (Lipinski definition) is 3. The van der Waals surface area contributed by atoms with Crippen molar-refractivity contribution in [2.45, 2.75) is 45.3 Å². The van der Waals surface area contributed by atoms with Gasteiger partial charge in [-0.2, -0.15) is 0 Å². The normalized spacial score (nSPS) is 34.0. The molecule has 2 heterocycles. The number of amidine groups is 1. The summed E-state index contributed by atoms with van der Waals surface area (Å²) in [5.74, 6) is 0.561. The van der Waals surface area contributed by atoms with E-state index in [0.29, 0.717) is 18.0 Å². The smallest absolute Gasteiger partial charge is 0.129 e. The lowest BCUT2D eigenvalue weighted by molar-refractivity contribution is -0.0657. The van der Waals surface area contributed by atoms with Gasteiger partial charge in [0.05, 0.1) is 12.7 Å². The van der Waals surface area contributed by atoms with E-state index in [2.05, 4.69) is 36.7 Å². The van der Waals surface area contributed by atoms with Crippen molar-refractivity contribution in [1.29, 1.82) is 0 Å². The molecule has 0 saturated carbocycles. The zero-order valence-electron chi connectivity index (χ0n) is 13.2. The summed E-state index contributed by atoms with van der Waals surface area (Å²) < 4.78 is 21.3. The molecule has 3 nitrogen and oxygen atoms in total. The number of nitrogens with zero attached hydrogens (tertiary/aromatic N) is 1. The molecule has 0 radical (unpaired) electrons. The van der Waals surface area contributed by atoms with E-state index in [-0.39, 0.29) is 23.3 Å².